The molecule has 2 heterocycles. The molecule has 1 aliphatic heterocycles. The molecule has 0 radical (unpaired) electrons. The fraction of sp³-hybridized carbons (Fsp3) is 0.636. The number of nitrogens with one attached hydrogen (secondary N) is 1. The Morgan fingerprint density at radius 3 is 2.59 bits per heavy atom. The molecule has 1 saturated carbocycles. The molecule has 7 heteroatoms. The fourth-order valence-corrected chi connectivity index (χ4v) is 4.21. The first-order valence-corrected chi connectivity index (χ1v) is 10.7. The summed E-state index contributed by atoms with van der Waals surface area (Å²) in [6.45, 7) is 4.76. The van der Waals surface area contributed by atoms with Crippen LogP contribution in [0.2, 0.25) is 0 Å². The standard InChI is InChI=1S/C22H31N3O4/c1-3-29-22(28)18-11-12-19(23-15(18)2)21(27)25-13-7-8-16(14-25)20(26)24-17-9-5-4-6-10-17/h11-12,16-17H,3-10,13-14H2,1-2H3,(H,24,26). The Morgan fingerprint density at radius 1 is 1.14 bits per heavy atom. The molecule has 1 N–H and O–H groups in total. The van der Waals surface area contributed by atoms with Gasteiger partial charge in [0.05, 0.1) is 23.8 Å². The van der Waals surface area contributed by atoms with Crippen LogP contribution in [0.25, 0.3) is 0 Å². The number of ether oxygens (including phenoxy) is 1. The fourth-order valence-electron chi connectivity index (χ4n) is 4.21. The monoisotopic (exact) mass is 401 g/mol. The van der Waals surface area contributed by atoms with Crippen molar-refractivity contribution < 1.29 is 19.1 Å². The van der Waals surface area contributed by atoms with Crippen LogP contribution in [0.3, 0.4) is 0 Å². The van der Waals surface area contributed by atoms with Crippen molar-refractivity contribution in [1.29, 1.82) is 0 Å². The molecule has 1 atom stereocenters. The van der Waals surface area contributed by atoms with E-state index in [1.54, 1.807) is 30.9 Å². The molecule has 2 aliphatic rings. The quantitative estimate of drug-likeness (QED) is 0.767. The second kappa shape index (κ2) is 9.85. The minimum atomic E-state index is -0.436. The van der Waals surface area contributed by atoms with Gasteiger partial charge in [0.1, 0.15) is 5.69 Å². The largest absolute Gasteiger partial charge is 0.462 e. The molecule has 0 bridgehead atoms. The molecule has 7 nitrogen and oxygen atoms in total. The molecule has 1 unspecified atom stereocenters. The molecule has 1 saturated heterocycles. The van der Waals surface area contributed by atoms with Gasteiger partial charge in [-0.25, -0.2) is 9.78 Å². The van der Waals surface area contributed by atoms with Crippen LogP contribution in [0.5, 0.6) is 0 Å². The summed E-state index contributed by atoms with van der Waals surface area (Å²) in [6.07, 6.45) is 7.30. The highest BCUT2D eigenvalue weighted by Crippen LogP contribution is 2.22. The number of aromatic nitrogens is 1. The number of pyridine rings is 1. The predicted molar refractivity (Wildman–Crippen MR) is 109 cm³/mol. The third-order valence-electron chi connectivity index (χ3n) is 5.83. The topological polar surface area (TPSA) is 88.6 Å². The van der Waals surface area contributed by atoms with Crippen molar-refractivity contribution in [2.45, 2.75) is 64.8 Å². The van der Waals surface area contributed by atoms with Crippen molar-refractivity contribution in [3.05, 3.63) is 29.1 Å². The van der Waals surface area contributed by atoms with E-state index in [1.807, 2.05) is 0 Å². The van der Waals surface area contributed by atoms with Crippen LogP contribution in [0.1, 0.15) is 78.4 Å². The van der Waals surface area contributed by atoms with E-state index in [1.165, 1.54) is 19.3 Å². The zero-order valence-electron chi connectivity index (χ0n) is 17.4. The van der Waals surface area contributed by atoms with E-state index in [4.69, 9.17) is 4.74 Å². The lowest BCUT2D eigenvalue weighted by Gasteiger charge is -2.33. The number of carbonyl (C=O) groups is 3. The summed E-state index contributed by atoms with van der Waals surface area (Å²) in [5.41, 5.74) is 1.13. The number of aryl methyl sites for hydroxylation is 1. The lowest BCUT2D eigenvalue weighted by Crippen LogP contribution is -2.48. The van der Waals surface area contributed by atoms with E-state index in [0.29, 0.717) is 30.0 Å². The van der Waals surface area contributed by atoms with Gasteiger partial charge in [-0.3, -0.25) is 9.59 Å². The van der Waals surface area contributed by atoms with Crippen LogP contribution in [0.15, 0.2) is 12.1 Å². The summed E-state index contributed by atoms with van der Waals surface area (Å²) in [7, 11) is 0. The van der Waals surface area contributed by atoms with E-state index in [9.17, 15) is 14.4 Å². The van der Waals surface area contributed by atoms with Gasteiger partial charge in [-0.1, -0.05) is 19.3 Å². The second-order valence-corrected chi connectivity index (χ2v) is 7.98. The maximum Gasteiger partial charge on any atom is 0.339 e. The summed E-state index contributed by atoms with van der Waals surface area (Å²) in [4.78, 5) is 43.6. The summed E-state index contributed by atoms with van der Waals surface area (Å²) < 4.78 is 5.01. The van der Waals surface area contributed by atoms with Gasteiger partial charge < -0.3 is 15.0 Å². The van der Waals surface area contributed by atoms with Crippen molar-refractivity contribution in [3.8, 4) is 0 Å². The molecule has 158 valence electrons. The molecular weight excluding hydrogens is 370 g/mol. The first kappa shape index (κ1) is 21.3. The number of nitrogens with zero attached hydrogens (tertiary/aromatic N) is 2. The van der Waals surface area contributed by atoms with Crippen LogP contribution in [-0.2, 0) is 9.53 Å². The summed E-state index contributed by atoms with van der Waals surface area (Å²) in [6, 6.07) is 3.43. The van der Waals surface area contributed by atoms with Crippen LogP contribution in [0, 0.1) is 12.8 Å². The molecule has 2 amide bonds. The highest BCUT2D eigenvalue weighted by molar-refractivity contribution is 5.95. The Bertz CT molecular complexity index is 758. The minimum Gasteiger partial charge on any atom is -0.462 e. The van der Waals surface area contributed by atoms with Crippen molar-refractivity contribution in [2.24, 2.45) is 5.92 Å². The van der Waals surface area contributed by atoms with Gasteiger partial charge in [0.2, 0.25) is 5.91 Å². The van der Waals surface area contributed by atoms with Crippen LogP contribution >= 0.6 is 0 Å². The van der Waals surface area contributed by atoms with Gasteiger partial charge in [0.15, 0.2) is 0 Å². The zero-order chi connectivity index (χ0) is 20.8. The number of hydrogen-bond donors (Lipinski definition) is 1. The van der Waals surface area contributed by atoms with E-state index >= 15 is 0 Å². The number of likely N-dealkylation sites (tertiary alicyclic amines) is 1. The average molecular weight is 402 g/mol. The van der Waals surface area contributed by atoms with Crippen LogP contribution in [0.4, 0.5) is 0 Å². The number of rotatable bonds is 5. The Kier molecular flexibility index (Phi) is 7.23. The molecule has 0 aromatic carbocycles. The number of piperidine rings is 1. The first-order valence-electron chi connectivity index (χ1n) is 10.7. The Morgan fingerprint density at radius 2 is 1.90 bits per heavy atom. The minimum absolute atomic E-state index is 0.0659. The SMILES string of the molecule is CCOC(=O)c1ccc(C(=O)N2CCCC(C(=O)NC3CCCCC3)C2)nc1C. The van der Waals surface area contributed by atoms with Gasteiger partial charge >= 0.3 is 5.97 Å². The van der Waals surface area contributed by atoms with Crippen molar-refractivity contribution >= 4 is 17.8 Å². The summed E-state index contributed by atoms with van der Waals surface area (Å²) >= 11 is 0. The van der Waals surface area contributed by atoms with E-state index in [2.05, 4.69) is 10.3 Å². The Labute approximate surface area is 172 Å². The lowest BCUT2D eigenvalue weighted by atomic mass is 9.93. The average Bonchev–Trinajstić information content (AvgIpc) is 2.74. The van der Waals surface area contributed by atoms with Gasteiger partial charge in [0, 0.05) is 19.1 Å². The molecule has 0 spiro atoms. The molecule has 29 heavy (non-hydrogen) atoms. The number of esters is 1. The number of hydrogen-bond acceptors (Lipinski definition) is 5. The van der Waals surface area contributed by atoms with Crippen LogP contribution < -0.4 is 5.32 Å². The summed E-state index contributed by atoms with van der Waals surface area (Å²) in [5, 5.41) is 3.18. The molecule has 1 aromatic rings. The van der Waals surface area contributed by atoms with Gasteiger partial charge in [-0.05, 0) is 51.7 Å². The smallest absolute Gasteiger partial charge is 0.339 e. The van der Waals surface area contributed by atoms with E-state index in [0.717, 1.165) is 25.7 Å². The zero-order valence-corrected chi connectivity index (χ0v) is 17.4. The second-order valence-electron chi connectivity index (χ2n) is 7.98. The summed E-state index contributed by atoms with van der Waals surface area (Å²) in [5.74, 6) is -0.738. The molecular formula is C22H31N3O4. The van der Waals surface area contributed by atoms with E-state index in [-0.39, 0.29) is 30.4 Å². The molecule has 1 aromatic heterocycles. The predicted octanol–water partition coefficient (Wildman–Crippen LogP) is 2.87. The van der Waals surface area contributed by atoms with Crippen molar-refractivity contribution in [3.63, 3.8) is 0 Å². The highest BCUT2D eigenvalue weighted by atomic mass is 16.5. The maximum absolute atomic E-state index is 12.9. The third kappa shape index (κ3) is 5.34. The Hall–Kier alpha value is -2.44. The first-order chi connectivity index (χ1) is 14.0. The van der Waals surface area contributed by atoms with Gasteiger partial charge in [-0.2, -0.15) is 0 Å². The van der Waals surface area contributed by atoms with Crippen LogP contribution in [-0.4, -0.2) is 53.4 Å². The number of carbonyl (C=O) groups excluding carboxylic acids is 3. The molecule has 2 fully saturated rings. The lowest BCUT2D eigenvalue weighted by molar-refractivity contribution is -0.127. The highest BCUT2D eigenvalue weighted by Gasteiger charge is 2.31. The Balaban J connectivity index is 1.62. The van der Waals surface area contributed by atoms with Gasteiger partial charge in [-0.15, -0.1) is 0 Å². The van der Waals surface area contributed by atoms with Crippen molar-refractivity contribution in [2.75, 3.05) is 19.7 Å². The molecule has 3 rings (SSSR count). The van der Waals surface area contributed by atoms with Gasteiger partial charge in [0.25, 0.3) is 5.91 Å². The maximum atomic E-state index is 12.9. The normalized spacial score (nSPS) is 20.2. The van der Waals surface area contributed by atoms with E-state index < -0.39 is 5.97 Å². The molecule has 1 aliphatic carbocycles. The van der Waals surface area contributed by atoms with Crippen molar-refractivity contribution in [1.82, 2.24) is 15.2 Å². The third-order valence-corrected chi connectivity index (χ3v) is 5.83. The number of amides is 2.